The van der Waals surface area contributed by atoms with E-state index < -0.39 is 11.7 Å². The number of rotatable bonds is 2. The summed E-state index contributed by atoms with van der Waals surface area (Å²) in [5.41, 5.74) is 1.14. The van der Waals surface area contributed by atoms with Gasteiger partial charge in [0.2, 0.25) is 0 Å². The van der Waals surface area contributed by atoms with Crippen LogP contribution >= 0.6 is 11.6 Å². The summed E-state index contributed by atoms with van der Waals surface area (Å²) in [7, 11) is 0. The van der Waals surface area contributed by atoms with Gasteiger partial charge in [0.25, 0.3) is 11.7 Å². The zero-order valence-electron chi connectivity index (χ0n) is 7.37. The molecule has 14 heavy (non-hydrogen) atoms. The van der Waals surface area contributed by atoms with Crippen LogP contribution in [0.3, 0.4) is 0 Å². The lowest BCUT2D eigenvalue weighted by molar-refractivity contribution is -0.114. The number of alkyl halides is 1. The topological polar surface area (TPSA) is 37.4 Å². The molecule has 3 nitrogen and oxygen atoms in total. The molecule has 0 N–H and O–H groups in total. The van der Waals surface area contributed by atoms with Gasteiger partial charge in [0.15, 0.2) is 0 Å². The van der Waals surface area contributed by atoms with E-state index in [2.05, 4.69) is 0 Å². The predicted octanol–water partition coefficient (Wildman–Crippen LogP) is 1.45. The van der Waals surface area contributed by atoms with E-state index in [1.165, 1.54) is 4.90 Å². The number of fused-ring (bicyclic) bond motifs is 1. The Bertz CT molecular complexity index is 403. The molecule has 1 aliphatic heterocycles. The van der Waals surface area contributed by atoms with Crippen LogP contribution in [0.1, 0.15) is 10.4 Å². The van der Waals surface area contributed by atoms with E-state index in [9.17, 15) is 9.59 Å². The first-order valence-corrected chi connectivity index (χ1v) is 4.80. The van der Waals surface area contributed by atoms with Crippen molar-refractivity contribution < 1.29 is 9.59 Å². The van der Waals surface area contributed by atoms with Gasteiger partial charge in [0, 0.05) is 12.4 Å². The van der Waals surface area contributed by atoms with Crippen LogP contribution in [0.25, 0.3) is 0 Å². The van der Waals surface area contributed by atoms with Crippen LogP contribution in [0.5, 0.6) is 0 Å². The fourth-order valence-electron chi connectivity index (χ4n) is 1.55. The molecule has 0 aromatic heterocycles. The Balaban J connectivity index is 2.48. The summed E-state index contributed by atoms with van der Waals surface area (Å²) in [4.78, 5) is 24.3. The minimum atomic E-state index is -0.480. The number of para-hydroxylation sites is 1. The maximum absolute atomic E-state index is 11.5. The van der Waals surface area contributed by atoms with Crippen molar-refractivity contribution >= 4 is 29.0 Å². The summed E-state index contributed by atoms with van der Waals surface area (Å²) >= 11 is 5.56. The molecule has 2 rings (SSSR count). The van der Waals surface area contributed by atoms with Gasteiger partial charge >= 0.3 is 0 Å². The number of halogens is 1. The van der Waals surface area contributed by atoms with Crippen LogP contribution in [-0.2, 0) is 4.79 Å². The van der Waals surface area contributed by atoms with E-state index in [-0.39, 0.29) is 0 Å². The minimum Gasteiger partial charge on any atom is -0.304 e. The van der Waals surface area contributed by atoms with Gasteiger partial charge in [-0.1, -0.05) is 12.1 Å². The highest BCUT2D eigenvalue weighted by Gasteiger charge is 2.34. The van der Waals surface area contributed by atoms with Gasteiger partial charge in [-0.15, -0.1) is 11.6 Å². The summed E-state index contributed by atoms with van der Waals surface area (Å²) in [6.07, 6.45) is 0. The van der Waals surface area contributed by atoms with E-state index in [4.69, 9.17) is 11.6 Å². The highest BCUT2D eigenvalue weighted by Crippen LogP contribution is 2.27. The van der Waals surface area contributed by atoms with Crippen molar-refractivity contribution in [2.24, 2.45) is 0 Å². The lowest BCUT2D eigenvalue weighted by Crippen LogP contribution is -2.31. The van der Waals surface area contributed by atoms with Gasteiger partial charge in [0.05, 0.1) is 11.3 Å². The average molecular weight is 210 g/mol. The Morgan fingerprint density at radius 3 is 2.64 bits per heavy atom. The largest absolute Gasteiger partial charge is 0.304 e. The number of hydrogen-bond donors (Lipinski definition) is 0. The second-order valence-corrected chi connectivity index (χ2v) is 3.37. The first-order valence-electron chi connectivity index (χ1n) is 4.27. The molecule has 1 amide bonds. The number of amides is 1. The number of carbonyl (C=O) groups excluding carboxylic acids is 2. The quantitative estimate of drug-likeness (QED) is 0.546. The third-order valence-electron chi connectivity index (χ3n) is 2.19. The van der Waals surface area contributed by atoms with Crippen LogP contribution in [0.4, 0.5) is 5.69 Å². The molecule has 0 radical (unpaired) electrons. The SMILES string of the molecule is O=C1C(=O)N(CCCl)c2ccccc21. The van der Waals surface area contributed by atoms with Crippen molar-refractivity contribution in [3.63, 3.8) is 0 Å². The zero-order valence-corrected chi connectivity index (χ0v) is 8.12. The Morgan fingerprint density at radius 2 is 1.93 bits per heavy atom. The van der Waals surface area contributed by atoms with E-state index in [0.717, 1.165) is 0 Å². The maximum Gasteiger partial charge on any atom is 0.299 e. The number of nitrogens with zero attached hydrogens (tertiary/aromatic N) is 1. The van der Waals surface area contributed by atoms with E-state index in [0.29, 0.717) is 23.7 Å². The Morgan fingerprint density at radius 1 is 1.21 bits per heavy atom. The molecule has 1 aromatic rings. The first-order chi connectivity index (χ1) is 6.75. The van der Waals surface area contributed by atoms with Crippen molar-refractivity contribution in [3.8, 4) is 0 Å². The summed E-state index contributed by atoms with van der Waals surface area (Å²) in [5, 5.41) is 0. The fraction of sp³-hybridized carbons (Fsp3) is 0.200. The van der Waals surface area contributed by atoms with Gasteiger partial charge in [-0.3, -0.25) is 9.59 Å². The minimum absolute atomic E-state index is 0.327. The van der Waals surface area contributed by atoms with Gasteiger partial charge in [-0.05, 0) is 12.1 Å². The Hall–Kier alpha value is -1.35. The monoisotopic (exact) mass is 209 g/mol. The lowest BCUT2D eigenvalue weighted by Gasteiger charge is -2.13. The van der Waals surface area contributed by atoms with E-state index in [1.54, 1.807) is 24.3 Å². The zero-order chi connectivity index (χ0) is 10.1. The second kappa shape index (κ2) is 3.42. The summed E-state index contributed by atoms with van der Waals surface area (Å²) in [6, 6.07) is 6.95. The molecule has 0 saturated heterocycles. The Labute approximate surface area is 86.3 Å². The number of Topliss-reactive ketones (excluding diaryl/α,β-unsaturated/α-hetero) is 1. The molecule has 0 spiro atoms. The Kier molecular flexibility index (Phi) is 2.25. The van der Waals surface area contributed by atoms with Crippen molar-refractivity contribution in [2.75, 3.05) is 17.3 Å². The standard InChI is InChI=1S/C10H8ClNO2/c11-5-6-12-8-4-2-1-3-7(8)9(13)10(12)14/h1-4H,5-6H2. The van der Waals surface area contributed by atoms with Crippen molar-refractivity contribution in [3.05, 3.63) is 29.8 Å². The van der Waals surface area contributed by atoms with Crippen LogP contribution in [-0.4, -0.2) is 24.1 Å². The fourth-order valence-corrected chi connectivity index (χ4v) is 1.72. The molecule has 0 atom stereocenters. The highest BCUT2D eigenvalue weighted by molar-refractivity contribution is 6.52. The predicted molar refractivity (Wildman–Crippen MR) is 53.8 cm³/mol. The molecular formula is C10H8ClNO2. The summed E-state index contributed by atoms with van der Waals surface area (Å²) in [6.45, 7) is 0.378. The van der Waals surface area contributed by atoms with Crippen LogP contribution < -0.4 is 4.90 Å². The molecule has 0 fully saturated rings. The number of benzene rings is 1. The van der Waals surface area contributed by atoms with E-state index in [1.807, 2.05) is 0 Å². The summed E-state index contributed by atoms with van der Waals surface area (Å²) in [5.74, 6) is -0.592. The lowest BCUT2D eigenvalue weighted by atomic mass is 10.1. The molecular weight excluding hydrogens is 202 g/mol. The molecule has 1 aromatic carbocycles. The first kappa shape index (κ1) is 9.21. The van der Waals surface area contributed by atoms with Gasteiger partial charge < -0.3 is 4.90 Å². The summed E-state index contributed by atoms with van der Waals surface area (Å²) < 4.78 is 0. The normalized spacial score (nSPS) is 14.8. The second-order valence-electron chi connectivity index (χ2n) is 2.99. The number of anilines is 1. The molecule has 0 bridgehead atoms. The number of hydrogen-bond acceptors (Lipinski definition) is 2. The molecule has 0 aliphatic carbocycles. The number of ketones is 1. The van der Waals surface area contributed by atoms with Gasteiger partial charge in [-0.25, -0.2) is 0 Å². The van der Waals surface area contributed by atoms with Crippen LogP contribution in [0.15, 0.2) is 24.3 Å². The molecule has 4 heteroatoms. The smallest absolute Gasteiger partial charge is 0.299 e. The third-order valence-corrected chi connectivity index (χ3v) is 2.36. The molecule has 72 valence electrons. The maximum atomic E-state index is 11.5. The molecule has 1 heterocycles. The van der Waals surface area contributed by atoms with Crippen LogP contribution in [0, 0.1) is 0 Å². The highest BCUT2D eigenvalue weighted by atomic mass is 35.5. The van der Waals surface area contributed by atoms with E-state index >= 15 is 0 Å². The van der Waals surface area contributed by atoms with Gasteiger partial charge in [0.1, 0.15) is 0 Å². The average Bonchev–Trinajstić information content (AvgIpc) is 2.45. The third kappa shape index (κ3) is 1.21. The van der Waals surface area contributed by atoms with Crippen molar-refractivity contribution in [2.45, 2.75) is 0 Å². The van der Waals surface area contributed by atoms with Gasteiger partial charge in [-0.2, -0.15) is 0 Å². The molecule has 0 unspecified atom stereocenters. The van der Waals surface area contributed by atoms with Crippen molar-refractivity contribution in [1.82, 2.24) is 0 Å². The number of carbonyl (C=O) groups is 2. The van der Waals surface area contributed by atoms with Crippen molar-refractivity contribution in [1.29, 1.82) is 0 Å². The molecule has 1 aliphatic rings. The van der Waals surface area contributed by atoms with Crippen LogP contribution in [0.2, 0.25) is 0 Å². The molecule has 0 saturated carbocycles.